The van der Waals surface area contributed by atoms with E-state index in [0.29, 0.717) is 19.7 Å². The molecule has 1 aliphatic rings. The number of hydrogen-bond donors (Lipinski definition) is 0. The van der Waals surface area contributed by atoms with Gasteiger partial charge in [-0.15, -0.1) is 0 Å². The number of furan rings is 1. The third kappa shape index (κ3) is 3.46. The molecule has 1 fully saturated rings. The number of amides is 1. The van der Waals surface area contributed by atoms with E-state index in [1.807, 2.05) is 0 Å². The molecule has 1 aromatic heterocycles. The zero-order chi connectivity index (χ0) is 14.0. The molecule has 1 saturated heterocycles. The first-order valence-electron chi connectivity index (χ1n) is 5.18. The maximum Gasteiger partial charge on any atom is 0.266 e. The minimum absolute atomic E-state index is 0.0200. The Morgan fingerprint density at radius 3 is 2.89 bits per heavy atom. The SMILES string of the molecule is O=C([O-])CCN1C(=O)/C(=C\c2ccc(Br)o2)SC1=S. The normalized spacial score (nSPS) is 17.5. The number of hydrogen-bond acceptors (Lipinski definition) is 6. The predicted molar refractivity (Wildman–Crippen MR) is 75.9 cm³/mol. The van der Waals surface area contributed by atoms with Crippen LogP contribution in [0.3, 0.4) is 0 Å². The topological polar surface area (TPSA) is 73.6 Å². The zero-order valence-corrected chi connectivity index (χ0v) is 12.6. The van der Waals surface area contributed by atoms with E-state index in [0.717, 1.165) is 11.8 Å². The summed E-state index contributed by atoms with van der Waals surface area (Å²) in [4.78, 5) is 24.1. The van der Waals surface area contributed by atoms with Gasteiger partial charge in [0.25, 0.3) is 5.91 Å². The summed E-state index contributed by atoms with van der Waals surface area (Å²) in [6.45, 7) is 0.0200. The van der Waals surface area contributed by atoms with Gasteiger partial charge in [0.2, 0.25) is 0 Å². The first-order chi connectivity index (χ1) is 8.97. The Kier molecular flexibility index (Phi) is 4.43. The molecule has 19 heavy (non-hydrogen) atoms. The van der Waals surface area contributed by atoms with Crippen molar-refractivity contribution in [3.63, 3.8) is 0 Å². The van der Waals surface area contributed by atoms with Gasteiger partial charge in [-0.05, 0) is 28.1 Å². The van der Waals surface area contributed by atoms with E-state index in [1.54, 1.807) is 18.2 Å². The lowest BCUT2D eigenvalue weighted by molar-refractivity contribution is -0.305. The molecule has 1 aromatic rings. The lowest BCUT2D eigenvalue weighted by atomic mass is 10.3. The van der Waals surface area contributed by atoms with Crippen molar-refractivity contribution in [2.45, 2.75) is 6.42 Å². The fourth-order valence-corrected chi connectivity index (χ4v) is 3.04. The van der Waals surface area contributed by atoms with Crippen LogP contribution in [0.1, 0.15) is 12.2 Å². The van der Waals surface area contributed by atoms with Gasteiger partial charge >= 0.3 is 0 Å². The molecule has 0 N–H and O–H groups in total. The number of carboxylic acids is 1. The minimum atomic E-state index is -1.21. The van der Waals surface area contributed by atoms with Crippen molar-refractivity contribution < 1.29 is 19.1 Å². The number of carbonyl (C=O) groups excluding carboxylic acids is 2. The molecule has 1 amide bonds. The second kappa shape index (κ2) is 5.89. The Morgan fingerprint density at radius 2 is 2.32 bits per heavy atom. The maximum atomic E-state index is 12.0. The Labute approximate surface area is 126 Å². The smallest absolute Gasteiger partial charge is 0.266 e. The summed E-state index contributed by atoms with van der Waals surface area (Å²) in [5.74, 6) is -1.01. The summed E-state index contributed by atoms with van der Waals surface area (Å²) in [5.41, 5.74) is 0. The minimum Gasteiger partial charge on any atom is -0.550 e. The molecule has 0 saturated carbocycles. The van der Waals surface area contributed by atoms with Crippen molar-refractivity contribution in [1.29, 1.82) is 0 Å². The molecule has 8 heteroatoms. The molecule has 2 rings (SSSR count). The van der Waals surface area contributed by atoms with Gasteiger partial charge in [-0.1, -0.05) is 24.0 Å². The average Bonchev–Trinajstić information content (AvgIpc) is 2.83. The van der Waals surface area contributed by atoms with E-state index >= 15 is 0 Å². The van der Waals surface area contributed by atoms with Crippen molar-refractivity contribution in [3.8, 4) is 0 Å². The van der Waals surface area contributed by atoms with Gasteiger partial charge < -0.3 is 14.3 Å². The van der Waals surface area contributed by atoms with Crippen LogP contribution in [0.5, 0.6) is 0 Å². The summed E-state index contributed by atoms with van der Waals surface area (Å²) in [6, 6.07) is 3.42. The predicted octanol–water partition coefficient (Wildman–Crippen LogP) is 1.38. The van der Waals surface area contributed by atoms with Crippen LogP contribution in [0.4, 0.5) is 0 Å². The quantitative estimate of drug-likeness (QED) is 0.596. The summed E-state index contributed by atoms with van der Waals surface area (Å²) < 4.78 is 6.17. The summed E-state index contributed by atoms with van der Waals surface area (Å²) in [7, 11) is 0. The number of rotatable bonds is 4. The molecule has 5 nitrogen and oxygen atoms in total. The Hall–Kier alpha value is -1.12. The Bertz CT molecular complexity index is 581. The van der Waals surface area contributed by atoms with Gasteiger partial charge in [0, 0.05) is 25.0 Å². The van der Waals surface area contributed by atoms with Crippen molar-refractivity contribution >= 4 is 62.2 Å². The highest BCUT2D eigenvalue weighted by Gasteiger charge is 2.31. The lowest BCUT2D eigenvalue weighted by Gasteiger charge is -2.14. The molecule has 0 bridgehead atoms. The summed E-state index contributed by atoms with van der Waals surface area (Å²) in [5, 5.41) is 10.4. The molecule has 0 atom stereocenters. The number of aliphatic carboxylic acids is 1. The number of nitrogens with zero attached hydrogens (tertiary/aromatic N) is 1. The van der Waals surface area contributed by atoms with Crippen molar-refractivity contribution in [2.75, 3.05) is 6.54 Å². The molecule has 1 aliphatic heterocycles. The van der Waals surface area contributed by atoms with E-state index < -0.39 is 5.97 Å². The average molecular weight is 361 g/mol. The Morgan fingerprint density at radius 1 is 1.58 bits per heavy atom. The van der Waals surface area contributed by atoms with E-state index in [2.05, 4.69) is 15.9 Å². The van der Waals surface area contributed by atoms with Gasteiger partial charge in [0.15, 0.2) is 4.67 Å². The number of carbonyl (C=O) groups is 2. The van der Waals surface area contributed by atoms with E-state index in [-0.39, 0.29) is 18.9 Å². The van der Waals surface area contributed by atoms with E-state index in [9.17, 15) is 14.7 Å². The van der Waals surface area contributed by atoms with Crippen LogP contribution in [0, 0.1) is 0 Å². The van der Waals surface area contributed by atoms with Crippen LogP contribution in [0.25, 0.3) is 6.08 Å². The van der Waals surface area contributed by atoms with Crippen LogP contribution in [0.2, 0.25) is 0 Å². The van der Waals surface area contributed by atoms with Crippen LogP contribution in [-0.2, 0) is 9.59 Å². The van der Waals surface area contributed by atoms with Crippen LogP contribution < -0.4 is 5.11 Å². The van der Waals surface area contributed by atoms with Crippen molar-refractivity contribution in [3.05, 3.63) is 27.5 Å². The van der Waals surface area contributed by atoms with Gasteiger partial charge in [-0.2, -0.15) is 0 Å². The Balaban J connectivity index is 2.13. The fourth-order valence-electron chi connectivity index (χ4n) is 1.43. The van der Waals surface area contributed by atoms with Crippen LogP contribution in [-0.4, -0.2) is 27.6 Å². The molecular formula is C11H7BrNO4S2-. The maximum absolute atomic E-state index is 12.0. The standard InChI is InChI=1S/C11H8BrNO4S2/c12-8-2-1-6(17-8)5-7-10(16)13(11(18)19-7)4-3-9(14)15/h1-2,5H,3-4H2,(H,14,15)/p-1/b7-5+. The van der Waals surface area contributed by atoms with E-state index in [4.69, 9.17) is 16.6 Å². The highest BCUT2D eigenvalue weighted by molar-refractivity contribution is 9.10. The van der Waals surface area contributed by atoms with Crippen LogP contribution in [0.15, 0.2) is 26.1 Å². The molecule has 0 aliphatic carbocycles. The first kappa shape index (κ1) is 14.3. The number of thioether (sulfide) groups is 1. The first-order valence-corrected chi connectivity index (χ1v) is 7.19. The molecule has 0 spiro atoms. The van der Waals surface area contributed by atoms with Gasteiger partial charge in [0.1, 0.15) is 10.1 Å². The lowest BCUT2D eigenvalue weighted by Crippen LogP contribution is -2.33. The van der Waals surface area contributed by atoms with Crippen LogP contribution >= 0.6 is 39.9 Å². The van der Waals surface area contributed by atoms with E-state index in [1.165, 1.54) is 4.90 Å². The number of carboxylic acid groups (broad SMARTS) is 1. The number of thiocarbonyl (C=S) groups is 1. The second-order valence-electron chi connectivity index (χ2n) is 3.60. The third-order valence-corrected chi connectivity index (χ3v) is 4.08. The van der Waals surface area contributed by atoms with Crippen molar-refractivity contribution in [1.82, 2.24) is 4.90 Å². The monoisotopic (exact) mass is 360 g/mol. The molecule has 2 heterocycles. The molecule has 100 valence electrons. The van der Waals surface area contributed by atoms with Crippen molar-refractivity contribution in [2.24, 2.45) is 0 Å². The second-order valence-corrected chi connectivity index (χ2v) is 6.05. The zero-order valence-electron chi connectivity index (χ0n) is 9.42. The molecule has 0 unspecified atom stereocenters. The molecular weight excluding hydrogens is 354 g/mol. The molecule has 0 radical (unpaired) electrons. The van der Waals surface area contributed by atoms with Gasteiger partial charge in [-0.25, -0.2) is 0 Å². The highest BCUT2D eigenvalue weighted by atomic mass is 79.9. The van der Waals surface area contributed by atoms with Gasteiger partial charge in [0.05, 0.1) is 4.91 Å². The third-order valence-electron chi connectivity index (χ3n) is 2.28. The summed E-state index contributed by atoms with van der Waals surface area (Å²) in [6.07, 6.45) is 1.33. The highest BCUT2D eigenvalue weighted by Crippen LogP contribution is 2.33. The number of halogens is 1. The largest absolute Gasteiger partial charge is 0.550 e. The van der Waals surface area contributed by atoms with Gasteiger partial charge in [-0.3, -0.25) is 9.69 Å². The summed E-state index contributed by atoms with van der Waals surface area (Å²) >= 11 is 9.32. The molecule has 0 aromatic carbocycles. The fraction of sp³-hybridized carbons (Fsp3) is 0.182.